The summed E-state index contributed by atoms with van der Waals surface area (Å²) in [5.74, 6) is 4.08. The van der Waals surface area contributed by atoms with Crippen LogP contribution in [0.5, 0.6) is 0 Å². The Morgan fingerprint density at radius 3 is 1.90 bits per heavy atom. The Labute approximate surface area is 188 Å². The topological polar surface area (TPSA) is 3.24 Å². The molecule has 1 nitrogen and oxygen atoms in total. The van der Waals surface area contributed by atoms with Crippen LogP contribution in [0.25, 0.3) is 0 Å². The summed E-state index contributed by atoms with van der Waals surface area (Å²) in [7, 11) is 0. The first-order chi connectivity index (χ1) is 13.9. The zero-order valence-electron chi connectivity index (χ0n) is 21.5. The second-order valence-electron chi connectivity index (χ2n) is 12.3. The minimum atomic E-state index is 0.0979. The summed E-state index contributed by atoms with van der Waals surface area (Å²) in [5.41, 5.74) is 4.73. The summed E-state index contributed by atoms with van der Waals surface area (Å²) in [6.07, 6.45) is 5.30. The average molecular weight is 410 g/mol. The van der Waals surface area contributed by atoms with Crippen LogP contribution >= 0.6 is 0 Å². The minimum Gasteiger partial charge on any atom is -0.355 e. The molecule has 0 amide bonds. The van der Waals surface area contributed by atoms with E-state index in [9.17, 15) is 0 Å². The van der Waals surface area contributed by atoms with E-state index in [1.165, 1.54) is 42.5 Å². The smallest absolute Gasteiger partial charge is 0.0989 e. The highest BCUT2D eigenvalue weighted by Gasteiger charge is 2.56. The van der Waals surface area contributed by atoms with Gasteiger partial charge < -0.3 is 4.90 Å². The zero-order chi connectivity index (χ0) is 22.4. The Morgan fingerprint density at radius 1 is 0.867 bits per heavy atom. The molecule has 0 N–H and O–H groups in total. The SMILES string of the molecule is CC(C)c1cccc(C(C)C)c1N1[C]C2(C[C@H](C(C)C)CC[C@H]2C(C)C)CC1(C)C. The van der Waals surface area contributed by atoms with Crippen LogP contribution in [0.1, 0.15) is 118 Å². The Morgan fingerprint density at radius 2 is 1.43 bits per heavy atom. The number of hydrogen-bond acceptors (Lipinski definition) is 1. The van der Waals surface area contributed by atoms with Gasteiger partial charge in [-0.15, -0.1) is 0 Å². The third kappa shape index (κ3) is 4.20. The van der Waals surface area contributed by atoms with Crippen LogP contribution < -0.4 is 4.90 Å². The van der Waals surface area contributed by atoms with E-state index in [4.69, 9.17) is 0 Å². The summed E-state index contributed by atoms with van der Waals surface area (Å²) in [6.45, 7) is 28.3. The number of rotatable bonds is 5. The lowest BCUT2D eigenvalue weighted by molar-refractivity contribution is 0.0405. The highest BCUT2D eigenvalue weighted by atomic mass is 15.2. The molecule has 0 aromatic heterocycles. The first-order valence-electron chi connectivity index (χ1n) is 12.6. The fourth-order valence-electron chi connectivity index (χ4n) is 6.66. The van der Waals surface area contributed by atoms with Gasteiger partial charge in [0.05, 0.1) is 6.54 Å². The molecule has 1 aromatic rings. The first kappa shape index (κ1) is 23.7. The summed E-state index contributed by atoms with van der Waals surface area (Å²) in [6, 6.07) is 6.97. The summed E-state index contributed by atoms with van der Waals surface area (Å²) >= 11 is 0. The van der Waals surface area contributed by atoms with Crippen LogP contribution in [0.4, 0.5) is 5.69 Å². The maximum absolute atomic E-state index is 4.25. The third-order valence-electron chi connectivity index (χ3n) is 8.19. The highest BCUT2D eigenvalue weighted by molar-refractivity contribution is 5.66. The van der Waals surface area contributed by atoms with Crippen molar-refractivity contribution < 1.29 is 0 Å². The molecule has 1 heterocycles. The van der Waals surface area contributed by atoms with Gasteiger partial charge in [-0.1, -0.05) is 73.6 Å². The molecule has 168 valence electrons. The van der Waals surface area contributed by atoms with Gasteiger partial charge in [0, 0.05) is 16.6 Å². The largest absolute Gasteiger partial charge is 0.355 e. The quantitative estimate of drug-likeness (QED) is 0.470. The van der Waals surface area contributed by atoms with Crippen molar-refractivity contribution in [3.63, 3.8) is 0 Å². The van der Waals surface area contributed by atoms with Crippen LogP contribution in [-0.2, 0) is 0 Å². The molecule has 0 bridgehead atoms. The molecule has 3 rings (SSSR count). The van der Waals surface area contributed by atoms with Crippen molar-refractivity contribution in [1.82, 2.24) is 0 Å². The molecule has 1 saturated heterocycles. The summed E-state index contributed by atoms with van der Waals surface area (Å²) in [5, 5.41) is 0. The molecular formula is C29H47N. The van der Waals surface area contributed by atoms with E-state index in [2.05, 4.69) is 98.9 Å². The lowest BCUT2D eigenvalue weighted by Crippen LogP contribution is -2.40. The molecule has 1 aliphatic carbocycles. The Balaban J connectivity index is 2.11. The molecule has 1 spiro atoms. The standard InChI is InChI=1S/C29H47N/c1-19(2)23-14-15-26(22(7)8)29(16-23)17-28(9,10)30(18-29)27-24(20(3)4)12-11-13-25(27)21(5)6/h11-13,19-23,26H,14-17H2,1-10H3/t23-,26+,29?/m1/s1. The predicted molar refractivity (Wildman–Crippen MR) is 132 cm³/mol. The van der Waals surface area contributed by atoms with Crippen LogP contribution in [0.3, 0.4) is 0 Å². The molecule has 2 fully saturated rings. The predicted octanol–water partition coefficient (Wildman–Crippen LogP) is 8.68. The van der Waals surface area contributed by atoms with Gasteiger partial charge in [0.25, 0.3) is 0 Å². The van der Waals surface area contributed by atoms with E-state index in [1.54, 1.807) is 0 Å². The van der Waals surface area contributed by atoms with Crippen LogP contribution in [-0.4, -0.2) is 5.54 Å². The van der Waals surface area contributed by atoms with Crippen molar-refractivity contribution in [2.24, 2.45) is 29.1 Å². The Bertz CT molecular complexity index is 700. The Hall–Kier alpha value is -0.980. The van der Waals surface area contributed by atoms with Crippen molar-refractivity contribution in [3.8, 4) is 0 Å². The molecule has 3 atom stereocenters. The highest BCUT2D eigenvalue weighted by Crippen LogP contribution is 2.61. The van der Waals surface area contributed by atoms with Gasteiger partial charge >= 0.3 is 0 Å². The van der Waals surface area contributed by atoms with Gasteiger partial charge in [-0.3, -0.25) is 0 Å². The van der Waals surface area contributed by atoms with E-state index in [1.807, 2.05) is 0 Å². The van der Waals surface area contributed by atoms with E-state index in [0.29, 0.717) is 17.8 Å². The first-order valence-corrected chi connectivity index (χ1v) is 12.6. The number of benzene rings is 1. The van der Waals surface area contributed by atoms with Crippen LogP contribution in [0.15, 0.2) is 18.2 Å². The number of anilines is 1. The number of nitrogens with zero attached hydrogens (tertiary/aromatic N) is 1. The summed E-state index contributed by atoms with van der Waals surface area (Å²) < 4.78 is 0. The van der Waals surface area contributed by atoms with Gasteiger partial charge in [-0.25, -0.2) is 0 Å². The number of hydrogen-bond donors (Lipinski definition) is 0. The molecule has 2 radical (unpaired) electrons. The van der Waals surface area contributed by atoms with Crippen molar-refractivity contribution in [1.29, 1.82) is 0 Å². The van der Waals surface area contributed by atoms with Gasteiger partial charge in [-0.05, 0) is 86.2 Å². The molecule has 1 unspecified atom stereocenters. The minimum absolute atomic E-state index is 0.0979. The van der Waals surface area contributed by atoms with E-state index >= 15 is 0 Å². The molecule has 1 aliphatic heterocycles. The fraction of sp³-hybridized carbons (Fsp3) is 0.759. The van der Waals surface area contributed by atoms with Gasteiger partial charge in [-0.2, -0.15) is 0 Å². The molecule has 30 heavy (non-hydrogen) atoms. The van der Waals surface area contributed by atoms with Crippen molar-refractivity contribution in [3.05, 3.63) is 35.9 Å². The van der Waals surface area contributed by atoms with Crippen LogP contribution in [0.2, 0.25) is 0 Å². The molecule has 1 aromatic carbocycles. The van der Waals surface area contributed by atoms with Gasteiger partial charge in [0.15, 0.2) is 0 Å². The molecular weight excluding hydrogens is 362 g/mol. The monoisotopic (exact) mass is 409 g/mol. The van der Waals surface area contributed by atoms with Crippen molar-refractivity contribution in [2.75, 3.05) is 4.90 Å². The maximum atomic E-state index is 4.25. The molecule has 1 saturated carbocycles. The average Bonchev–Trinajstić information content (AvgIpc) is 2.90. The van der Waals surface area contributed by atoms with Crippen LogP contribution in [0, 0.1) is 35.6 Å². The van der Waals surface area contributed by atoms with Gasteiger partial charge in [0.1, 0.15) is 0 Å². The van der Waals surface area contributed by atoms with E-state index < -0.39 is 0 Å². The second-order valence-corrected chi connectivity index (χ2v) is 12.3. The van der Waals surface area contributed by atoms with Gasteiger partial charge in [0.2, 0.25) is 0 Å². The lowest BCUT2D eigenvalue weighted by atomic mass is 9.56. The Kier molecular flexibility index (Phi) is 6.72. The van der Waals surface area contributed by atoms with Crippen molar-refractivity contribution >= 4 is 5.69 Å². The fourth-order valence-corrected chi connectivity index (χ4v) is 6.66. The third-order valence-corrected chi connectivity index (χ3v) is 8.19. The number of para-hydroxylation sites is 1. The molecule has 2 aliphatic rings. The maximum Gasteiger partial charge on any atom is 0.0989 e. The normalized spacial score (nSPS) is 29.2. The van der Waals surface area contributed by atoms with Crippen molar-refractivity contribution in [2.45, 2.75) is 112 Å². The zero-order valence-corrected chi connectivity index (χ0v) is 21.5. The summed E-state index contributed by atoms with van der Waals surface area (Å²) in [4.78, 5) is 2.62. The molecule has 1 heteroatoms. The van der Waals surface area contributed by atoms with E-state index in [-0.39, 0.29) is 11.0 Å². The lowest BCUT2D eigenvalue weighted by Gasteiger charge is -2.47. The second kappa shape index (κ2) is 8.51. The van der Waals surface area contributed by atoms with E-state index in [0.717, 1.165) is 17.8 Å².